The smallest absolute Gasteiger partial charge is 0.302 e. The van der Waals surface area contributed by atoms with Crippen LogP contribution in [-0.2, 0) is 14.3 Å². The SMILES string of the molecule is COC1CCC(C2CCC(OC(C)=O)CC2)CC1. The van der Waals surface area contributed by atoms with Crippen LogP contribution in [0.2, 0.25) is 0 Å². The molecule has 0 atom stereocenters. The Kier molecular flexibility index (Phi) is 5.04. The molecule has 0 N–H and O–H groups in total. The first-order valence-electron chi connectivity index (χ1n) is 7.39. The molecule has 0 aromatic rings. The van der Waals surface area contributed by atoms with Crippen molar-refractivity contribution in [2.45, 2.75) is 70.5 Å². The van der Waals surface area contributed by atoms with E-state index in [4.69, 9.17) is 9.47 Å². The molecular formula is C15H26O3. The number of hydrogen-bond acceptors (Lipinski definition) is 3. The van der Waals surface area contributed by atoms with Gasteiger partial charge in [-0.05, 0) is 63.2 Å². The Labute approximate surface area is 110 Å². The van der Waals surface area contributed by atoms with Crippen molar-refractivity contribution >= 4 is 5.97 Å². The fourth-order valence-corrected chi connectivity index (χ4v) is 3.71. The van der Waals surface area contributed by atoms with Gasteiger partial charge in [0, 0.05) is 14.0 Å². The molecular weight excluding hydrogens is 228 g/mol. The minimum atomic E-state index is -0.126. The third-order valence-corrected chi connectivity index (χ3v) is 4.77. The van der Waals surface area contributed by atoms with Crippen molar-refractivity contribution in [3.63, 3.8) is 0 Å². The highest BCUT2D eigenvalue weighted by Crippen LogP contribution is 2.39. The highest BCUT2D eigenvalue weighted by molar-refractivity contribution is 5.66. The molecule has 0 aromatic carbocycles. The molecule has 0 amide bonds. The summed E-state index contributed by atoms with van der Waals surface area (Å²) in [4.78, 5) is 10.9. The fourth-order valence-electron chi connectivity index (χ4n) is 3.71. The largest absolute Gasteiger partial charge is 0.463 e. The molecule has 0 aromatic heterocycles. The van der Waals surface area contributed by atoms with Crippen LogP contribution in [0.4, 0.5) is 0 Å². The van der Waals surface area contributed by atoms with Crippen LogP contribution in [0.5, 0.6) is 0 Å². The van der Waals surface area contributed by atoms with Crippen LogP contribution in [0.3, 0.4) is 0 Å². The van der Waals surface area contributed by atoms with E-state index in [9.17, 15) is 4.79 Å². The zero-order chi connectivity index (χ0) is 13.0. The van der Waals surface area contributed by atoms with Crippen molar-refractivity contribution in [1.29, 1.82) is 0 Å². The van der Waals surface area contributed by atoms with Crippen molar-refractivity contribution in [3.05, 3.63) is 0 Å². The van der Waals surface area contributed by atoms with Gasteiger partial charge in [-0.1, -0.05) is 0 Å². The number of rotatable bonds is 3. The van der Waals surface area contributed by atoms with Gasteiger partial charge in [-0.3, -0.25) is 4.79 Å². The van der Waals surface area contributed by atoms with E-state index < -0.39 is 0 Å². The molecule has 0 bridgehead atoms. The molecule has 0 heterocycles. The van der Waals surface area contributed by atoms with E-state index in [1.54, 1.807) is 0 Å². The lowest BCUT2D eigenvalue weighted by atomic mass is 9.72. The summed E-state index contributed by atoms with van der Waals surface area (Å²) in [5, 5.41) is 0. The predicted molar refractivity (Wildman–Crippen MR) is 70.3 cm³/mol. The molecule has 3 nitrogen and oxygen atoms in total. The summed E-state index contributed by atoms with van der Waals surface area (Å²) in [6, 6.07) is 0. The third-order valence-electron chi connectivity index (χ3n) is 4.77. The van der Waals surface area contributed by atoms with Gasteiger partial charge in [-0.2, -0.15) is 0 Å². The van der Waals surface area contributed by atoms with E-state index in [0.29, 0.717) is 6.10 Å². The van der Waals surface area contributed by atoms with Gasteiger partial charge in [0.1, 0.15) is 6.10 Å². The summed E-state index contributed by atoms with van der Waals surface area (Å²) in [6.07, 6.45) is 10.4. The third kappa shape index (κ3) is 3.71. The lowest BCUT2D eigenvalue weighted by Crippen LogP contribution is -2.30. The Bertz CT molecular complexity index is 261. The average molecular weight is 254 g/mol. The van der Waals surface area contributed by atoms with Crippen LogP contribution in [0, 0.1) is 11.8 Å². The lowest BCUT2D eigenvalue weighted by molar-refractivity contribution is -0.148. The number of methoxy groups -OCH3 is 1. The van der Waals surface area contributed by atoms with Gasteiger partial charge in [0.05, 0.1) is 6.10 Å². The molecule has 0 saturated heterocycles. The standard InChI is InChI=1S/C15H26O3/c1-11(16)18-15-9-5-13(6-10-15)12-3-7-14(17-2)8-4-12/h12-15H,3-10H2,1-2H3. The molecule has 3 heteroatoms. The second-order valence-electron chi connectivity index (χ2n) is 5.92. The Hall–Kier alpha value is -0.570. The fraction of sp³-hybridized carbons (Fsp3) is 0.933. The Morgan fingerprint density at radius 1 is 0.833 bits per heavy atom. The molecule has 2 rings (SSSR count). The first kappa shape index (κ1) is 13.9. The second kappa shape index (κ2) is 6.55. The normalized spacial score (nSPS) is 37.2. The van der Waals surface area contributed by atoms with Crippen LogP contribution < -0.4 is 0 Å². The van der Waals surface area contributed by atoms with Gasteiger partial charge < -0.3 is 9.47 Å². The van der Waals surface area contributed by atoms with E-state index in [1.165, 1.54) is 45.4 Å². The van der Waals surface area contributed by atoms with Crippen LogP contribution >= 0.6 is 0 Å². The predicted octanol–water partition coefficient (Wildman–Crippen LogP) is 3.31. The van der Waals surface area contributed by atoms with Gasteiger partial charge >= 0.3 is 5.97 Å². The number of carbonyl (C=O) groups excluding carboxylic acids is 1. The molecule has 18 heavy (non-hydrogen) atoms. The van der Waals surface area contributed by atoms with E-state index in [1.807, 2.05) is 7.11 Å². The molecule has 104 valence electrons. The van der Waals surface area contributed by atoms with Crippen LogP contribution in [0.15, 0.2) is 0 Å². The summed E-state index contributed by atoms with van der Waals surface area (Å²) in [5.41, 5.74) is 0. The quantitative estimate of drug-likeness (QED) is 0.725. The molecule has 0 aliphatic heterocycles. The van der Waals surface area contributed by atoms with E-state index in [2.05, 4.69) is 0 Å². The maximum absolute atomic E-state index is 10.9. The molecule has 2 aliphatic carbocycles. The van der Waals surface area contributed by atoms with E-state index in [0.717, 1.165) is 24.7 Å². The molecule has 2 aliphatic rings. The zero-order valence-electron chi connectivity index (χ0n) is 11.7. The highest BCUT2D eigenvalue weighted by atomic mass is 16.5. The average Bonchev–Trinajstić information content (AvgIpc) is 2.39. The van der Waals surface area contributed by atoms with Gasteiger partial charge in [-0.15, -0.1) is 0 Å². The zero-order valence-corrected chi connectivity index (χ0v) is 11.7. The molecule has 2 saturated carbocycles. The number of hydrogen-bond donors (Lipinski definition) is 0. The molecule has 2 fully saturated rings. The maximum Gasteiger partial charge on any atom is 0.302 e. The number of esters is 1. The van der Waals surface area contributed by atoms with Crippen molar-refractivity contribution < 1.29 is 14.3 Å². The highest BCUT2D eigenvalue weighted by Gasteiger charge is 2.31. The lowest BCUT2D eigenvalue weighted by Gasteiger charge is -2.37. The van der Waals surface area contributed by atoms with Crippen LogP contribution in [-0.4, -0.2) is 25.3 Å². The van der Waals surface area contributed by atoms with Crippen LogP contribution in [0.25, 0.3) is 0 Å². The number of carbonyl (C=O) groups is 1. The summed E-state index contributed by atoms with van der Waals surface area (Å²) in [5.74, 6) is 1.61. The topological polar surface area (TPSA) is 35.5 Å². The van der Waals surface area contributed by atoms with E-state index >= 15 is 0 Å². The summed E-state index contributed by atoms with van der Waals surface area (Å²) >= 11 is 0. The van der Waals surface area contributed by atoms with E-state index in [-0.39, 0.29) is 12.1 Å². The van der Waals surface area contributed by atoms with Gasteiger partial charge in [-0.25, -0.2) is 0 Å². The van der Waals surface area contributed by atoms with Gasteiger partial charge in [0.2, 0.25) is 0 Å². The maximum atomic E-state index is 10.9. The first-order chi connectivity index (χ1) is 8.69. The summed E-state index contributed by atoms with van der Waals surface area (Å²) in [6.45, 7) is 1.51. The molecule has 0 unspecified atom stereocenters. The van der Waals surface area contributed by atoms with Gasteiger partial charge in [0.25, 0.3) is 0 Å². The molecule has 0 radical (unpaired) electrons. The summed E-state index contributed by atoms with van der Waals surface area (Å²) < 4.78 is 10.7. The minimum absolute atomic E-state index is 0.126. The Balaban J connectivity index is 1.71. The first-order valence-corrected chi connectivity index (χ1v) is 7.39. The van der Waals surface area contributed by atoms with Crippen molar-refractivity contribution in [3.8, 4) is 0 Å². The van der Waals surface area contributed by atoms with Crippen molar-refractivity contribution in [1.82, 2.24) is 0 Å². The van der Waals surface area contributed by atoms with Crippen molar-refractivity contribution in [2.24, 2.45) is 11.8 Å². The minimum Gasteiger partial charge on any atom is -0.463 e. The Morgan fingerprint density at radius 2 is 1.28 bits per heavy atom. The monoisotopic (exact) mass is 254 g/mol. The molecule has 0 spiro atoms. The van der Waals surface area contributed by atoms with Gasteiger partial charge in [0.15, 0.2) is 0 Å². The summed E-state index contributed by atoms with van der Waals surface area (Å²) in [7, 11) is 1.83. The van der Waals surface area contributed by atoms with Crippen molar-refractivity contribution in [2.75, 3.05) is 7.11 Å². The van der Waals surface area contributed by atoms with Crippen LogP contribution in [0.1, 0.15) is 58.3 Å². The Morgan fingerprint density at radius 3 is 1.67 bits per heavy atom. The number of ether oxygens (including phenoxy) is 2. The second-order valence-corrected chi connectivity index (χ2v) is 5.92.